The number of piperidine rings is 1. The topological polar surface area (TPSA) is 15.3 Å². The van der Waals surface area contributed by atoms with Crippen molar-refractivity contribution in [2.75, 3.05) is 27.2 Å². The van der Waals surface area contributed by atoms with E-state index in [1.165, 1.54) is 24.9 Å². The van der Waals surface area contributed by atoms with E-state index in [0.717, 1.165) is 13.0 Å². The minimum Gasteiger partial charge on any atom is -0.315 e. The molecule has 1 fully saturated rings. The first-order chi connectivity index (χ1) is 7.73. The Bertz CT molecular complexity index is 313. The Kier molecular flexibility index (Phi) is 3.62. The van der Waals surface area contributed by atoms with Gasteiger partial charge in [-0.3, -0.25) is 0 Å². The molecule has 16 heavy (non-hydrogen) atoms. The first-order valence-corrected chi connectivity index (χ1v) is 6.15. The van der Waals surface area contributed by atoms with Crippen molar-refractivity contribution in [3.05, 3.63) is 35.9 Å². The summed E-state index contributed by atoms with van der Waals surface area (Å²) in [5.74, 6) is 0. The number of hydrogen-bond donors (Lipinski definition) is 1. The van der Waals surface area contributed by atoms with Gasteiger partial charge in [-0.25, -0.2) is 0 Å². The monoisotopic (exact) mass is 218 g/mol. The molecule has 0 spiro atoms. The van der Waals surface area contributed by atoms with E-state index < -0.39 is 0 Å². The molecule has 1 N–H and O–H groups in total. The van der Waals surface area contributed by atoms with Crippen LogP contribution in [0.3, 0.4) is 0 Å². The van der Waals surface area contributed by atoms with Crippen LogP contribution >= 0.6 is 0 Å². The van der Waals surface area contributed by atoms with Gasteiger partial charge in [-0.2, -0.15) is 0 Å². The number of likely N-dealkylation sites (N-methyl/N-ethyl adjacent to an activating group) is 1. The quantitative estimate of drug-likeness (QED) is 0.834. The van der Waals surface area contributed by atoms with Gasteiger partial charge in [0.05, 0.1) is 0 Å². The number of nitrogens with one attached hydrogen (secondary N) is 1. The van der Waals surface area contributed by atoms with Crippen molar-refractivity contribution in [1.29, 1.82) is 0 Å². The highest BCUT2D eigenvalue weighted by Gasteiger charge is 2.34. The van der Waals surface area contributed by atoms with Gasteiger partial charge < -0.3 is 10.2 Å². The van der Waals surface area contributed by atoms with E-state index in [4.69, 9.17) is 0 Å². The lowest BCUT2D eigenvalue weighted by Crippen LogP contribution is -2.56. The van der Waals surface area contributed by atoms with Crippen LogP contribution in [0.4, 0.5) is 0 Å². The third-order valence-electron chi connectivity index (χ3n) is 3.77. The maximum absolute atomic E-state index is 3.54. The van der Waals surface area contributed by atoms with Crippen LogP contribution in [0.25, 0.3) is 0 Å². The van der Waals surface area contributed by atoms with Gasteiger partial charge >= 0.3 is 0 Å². The highest BCUT2D eigenvalue weighted by molar-refractivity contribution is 5.18. The fraction of sp³-hybridized carbons (Fsp3) is 0.571. The molecule has 1 unspecified atom stereocenters. The van der Waals surface area contributed by atoms with Gasteiger partial charge in [0, 0.05) is 12.1 Å². The molecule has 1 aliphatic rings. The molecule has 0 radical (unpaired) electrons. The van der Waals surface area contributed by atoms with Crippen molar-refractivity contribution in [1.82, 2.24) is 10.2 Å². The summed E-state index contributed by atoms with van der Waals surface area (Å²) >= 11 is 0. The molecule has 1 aromatic rings. The predicted octanol–water partition coefficient (Wildman–Crippen LogP) is 1.91. The van der Waals surface area contributed by atoms with Crippen LogP contribution in [0.5, 0.6) is 0 Å². The second-order valence-electron chi connectivity index (χ2n) is 5.06. The molecule has 2 nitrogen and oxygen atoms in total. The van der Waals surface area contributed by atoms with Crippen LogP contribution < -0.4 is 5.32 Å². The second-order valence-corrected chi connectivity index (χ2v) is 5.06. The first kappa shape index (κ1) is 11.6. The van der Waals surface area contributed by atoms with Crippen molar-refractivity contribution >= 4 is 0 Å². The smallest absolute Gasteiger partial charge is 0.0368 e. The van der Waals surface area contributed by atoms with Gasteiger partial charge in [-0.15, -0.1) is 0 Å². The Morgan fingerprint density at radius 2 is 2.00 bits per heavy atom. The highest BCUT2D eigenvalue weighted by atomic mass is 15.2. The van der Waals surface area contributed by atoms with Crippen LogP contribution in [0.15, 0.2) is 30.3 Å². The fourth-order valence-electron chi connectivity index (χ4n) is 2.62. The Morgan fingerprint density at radius 1 is 1.25 bits per heavy atom. The lowest BCUT2D eigenvalue weighted by Gasteiger charge is -2.43. The molecule has 0 saturated carbocycles. The van der Waals surface area contributed by atoms with Crippen molar-refractivity contribution < 1.29 is 0 Å². The number of nitrogens with zero attached hydrogens (tertiary/aromatic N) is 1. The summed E-state index contributed by atoms with van der Waals surface area (Å²) < 4.78 is 0. The zero-order valence-electron chi connectivity index (χ0n) is 10.4. The van der Waals surface area contributed by atoms with E-state index in [-0.39, 0.29) is 0 Å². The molecule has 2 heteroatoms. The van der Waals surface area contributed by atoms with Crippen LogP contribution in [0.2, 0.25) is 0 Å². The second kappa shape index (κ2) is 4.98. The maximum atomic E-state index is 3.54. The molecule has 0 aromatic heterocycles. The van der Waals surface area contributed by atoms with Crippen molar-refractivity contribution in [3.8, 4) is 0 Å². The maximum Gasteiger partial charge on any atom is 0.0368 e. The van der Waals surface area contributed by atoms with Crippen LogP contribution in [-0.4, -0.2) is 37.6 Å². The largest absolute Gasteiger partial charge is 0.315 e. The van der Waals surface area contributed by atoms with E-state index in [1.54, 1.807) is 0 Å². The molecule has 1 heterocycles. The van der Waals surface area contributed by atoms with Gasteiger partial charge in [0.15, 0.2) is 0 Å². The Labute approximate surface area is 98.7 Å². The van der Waals surface area contributed by atoms with E-state index in [1.807, 2.05) is 0 Å². The van der Waals surface area contributed by atoms with Crippen molar-refractivity contribution in [2.24, 2.45) is 0 Å². The molecule has 0 aliphatic carbocycles. The Morgan fingerprint density at radius 3 is 2.56 bits per heavy atom. The average Bonchev–Trinajstić information content (AvgIpc) is 2.31. The molecule has 0 amide bonds. The fourth-order valence-corrected chi connectivity index (χ4v) is 2.62. The van der Waals surface area contributed by atoms with Gasteiger partial charge in [-0.05, 0) is 45.5 Å². The van der Waals surface area contributed by atoms with Gasteiger partial charge in [0.25, 0.3) is 0 Å². The van der Waals surface area contributed by atoms with Crippen LogP contribution in [0, 0.1) is 0 Å². The summed E-state index contributed by atoms with van der Waals surface area (Å²) in [6, 6.07) is 10.8. The first-order valence-electron chi connectivity index (χ1n) is 6.15. The minimum atomic E-state index is 0.305. The SMILES string of the molecule is CN(C)C1(Cc2ccccc2)CCCNC1. The Hall–Kier alpha value is -0.860. The van der Waals surface area contributed by atoms with Gasteiger partial charge in [0.1, 0.15) is 0 Å². The molecule has 2 rings (SSSR count). The summed E-state index contributed by atoms with van der Waals surface area (Å²) in [4.78, 5) is 2.40. The Balaban J connectivity index is 2.14. The standard InChI is InChI=1S/C14H22N2/c1-16(2)14(9-6-10-15-12-14)11-13-7-4-3-5-8-13/h3-5,7-8,15H,6,9-12H2,1-2H3. The summed E-state index contributed by atoms with van der Waals surface area (Å²) in [6.45, 7) is 2.28. The third kappa shape index (κ3) is 2.45. The predicted molar refractivity (Wildman–Crippen MR) is 68.7 cm³/mol. The lowest BCUT2D eigenvalue weighted by atomic mass is 9.83. The highest BCUT2D eigenvalue weighted by Crippen LogP contribution is 2.26. The number of benzene rings is 1. The lowest BCUT2D eigenvalue weighted by molar-refractivity contribution is 0.114. The number of rotatable bonds is 3. The molecule has 88 valence electrons. The van der Waals surface area contributed by atoms with Gasteiger partial charge in [-0.1, -0.05) is 30.3 Å². The van der Waals surface area contributed by atoms with E-state index in [9.17, 15) is 0 Å². The molecule has 1 aliphatic heterocycles. The van der Waals surface area contributed by atoms with Crippen molar-refractivity contribution in [2.45, 2.75) is 24.8 Å². The molecule has 1 atom stereocenters. The third-order valence-corrected chi connectivity index (χ3v) is 3.77. The summed E-state index contributed by atoms with van der Waals surface area (Å²) in [6.07, 6.45) is 3.72. The van der Waals surface area contributed by atoms with E-state index >= 15 is 0 Å². The average molecular weight is 218 g/mol. The summed E-state index contributed by atoms with van der Waals surface area (Å²) in [5, 5.41) is 3.54. The molecule has 1 aromatic carbocycles. The van der Waals surface area contributed by atoms with E-state index in [2.05, 4.69) is 54.6 Å². The summed E-state index contributed by atoms with van der Waals surface area (Å²) in [5.41, 5.74) is 1.75. The molecule has 1 saturated heterocycles. The van der Waals surface area contributed by atoms with Crippen molar-refractivity contribution in [3.63, 3.8) is 0 Å². The molecular formula is C14H22N2. The molecular weight excluding hydrogens is 196 g/mol. The van der Waals surface area contributed by atoms with Crippen LogP contribution in [-0.2, 0) is 6.42 Å². The number of hydrogen-bond acceptors (Lipinski definition) is 2. The molecule has 0 bridgehead atoms. The van der Waals surface area contributed by atoms with Gasteiger partial charge in [0.2, 0.25) is 0 Å². The van der Waals surface area contributed by atoms with Crippen LogP contribution in [0.1, 0.15) is 18.4 Å². The zero-order chi connectivity index (χ0) is 11.4. The minimum absolute atomic E-state index is 0.305. The zero-order valence-corrected chi connectivity index (χ0v) is 10.4. The summed E-state index contributed by atoms with van der Waals surface area (Å²) in [7, 11) is 4.41. The van der Waals surface area contributed by atoms with E-state index in [0.29, 0.717) is 5.54 Å². The normalized spacial score (nSPS) is 25.9.